The van der Waals surface area contributed by atoms with Gasteiger partial charge in [0.15, 0.2) is 5.69 Å². The molecule has 0 saturated carbocycles. The number of carbonyl (C=O) groups excluding carboxylic acids is 1. The molecule has 0 radical (unpaired) electrons. The van der Waals surface area contributed by atoms with E-state index in [4.69, 9.17) is 28.3 Å². The predicted octanol–water partition coefficient (Wildman–Crippen LogP) is 5.68. The molecule has 1 atom stereocenters. The van der Waals surface area contributed by atoms with Gasteiger partial charge in [0, 0.05) is 42.7 Å². The number of aromatic nitrogens is 2. The lowest BCUT2D eigenvalue weighted by Crippen LogP contribution is -2.52. The number of hydrazine groups is 1. The molecule has 1 N–H and O–H groups in total. The molecule has 196 valence electrons. The highest BCUT2D eigenvalue weighted by Gasteiger charge is 2.29. The zero-order valence-corrected chi connectivity index (χ0v) is 22.7. The van der Waals surface area contributed by atoms with E-state index in [1.807, 2.05) is 11.1 Å². The fourth-order valence-corrected chi connectivity index (χ4v) is 5.19. The standard InChI is InChI=1S/C28H32Cl2FN5O/c1-4-6-23-26(28(37)33-35-15-13-34(3)14-16-35)32-36(25-12-9-21(29)18-24(25)30)27(23)20(5-2)17-19-7-10-22(31)11-8-19/h4,7-12,18,20H,1,5-6,13-17H2,2-3H3,(H,33,37). The summed E-state index contributed by atoms with van der Waals surface area (Å²) in [4.78, 5) is 15.8. The third kappa shape index (κ3) is 6.41. The monoisotopic (exact) mass is 543 g/mol. The van der Waals surface area contributed by atoms with Gasteiger partial charge in [-0.1, -0.05) is 48.3 Å². The Morgan fingerprint density at radius 3 is 2.49 bits per heavy atom. The lowest BCUT2D eigenvalue weighted by molar-refractivity contribution is 0.0656. The molecule has 37 heavy (non-hydrogen) atoms. The first-order chi connectivity index (χ1) is 17.8. The van der Waals surface area contributed by atoms with E-state index in [2.05, 4.69) is 30.9 Å². The van der Waals surface area contributed by atoms with Crippen LogP contribution in [0.2, 0.25) is 10.0 Å². The molecular weight excluding hydrogens is 512 g/mol. The van der Waals surface area contributed by atoms with Gasteiger partial charge in [0.25, 0.3) is 5.91 Å². The highest BCUT2D eigenvalue weighted by molar-refractivity contribution is 6.35. The van der Waals surface area contributed by atoms with Crippen molar-refractivity contribution in [3.05, 3.63) is 93.5 Å². The van der Waals surface area contributed by atoms with E-state index in [1.165, 1.54) is 12.1 Å². The number of halogens is 3. The first kappa shape index (κ1) is 27.3. The Balaban J connectivity index is 1.80. The number of hydrogen-bond acceptors (Lipinski definition) is 4. The van der Waals surface area contributed by atoms with Gasteiger partial charge < -0.3 is 4.90 Å². The number of piperazine rings is 1. The largest absolute Gasteiger partial charge is 0.304 e. The van der Waals surface area contributed by atoms with Crippen molar-refractivity contribution in [1.29, 1.82) is 0 Å². The van der Waals surface area contributed by atoms with Gasteiger partial charge in [-0.3, -0.25) is 10.2 Å². The van der Waals surface area contributed by atoms with Crippen LogP contribution in [-0.4, -0.2) is 58.8 Å². The normalized spacial score (nSPS) is 15.5. The molecule has 0 spiro atoms. The summed E-state index contributed by atoms with van der Waals surface area (Å²) in [6, 6.07) is 11.8. The summed E-state index contributed by atoms with van der Waals surface area (Å²) in [7, 11) is 2.07. The topological polar surface area (TPSA) is 53.4 Å². The Morgan fingerprint density at radius 1 is 1.16 bits per heavy atom. The van der Waals surface area contributed by atoms with E-state index in [1.54, 1.807) is 35.0 Å². The molecular formula is C28H32Cl2FN5O. The summed E-state index contributed by atoms with van der Waals surface area (Å²) in [6.45, 7) is 9.24. The second-order valence-electron chi connectivity index (χ2n) is 9.38. The van der Waals surface area contributed by atoms with E-state index in [-0.39, 0.29) is 17.6 Å². The molecule has 1 saturated heterocycles. The zero-order valence-electron chi connectivity index (χ0n) is 21.2. The van der Waals surface area contributed by atoms with E-state index in [0.29, 0.717) is 34.3 Å². The number of hydrogen-bond donors (Lipinski definition) is 1. The number of likely N-dealkylation sites (N-methyl/N-ethyl adjacent to an activating group) is 1. The number of allylic oxidation sites excluding steroid dienone is 1. The summed E-state index contributed by atoms with van der Waals surface area (Å²) >= 11 is 12.8. The quantitative estimate of drug-likeness (QED) is 0.353. The summed E-state index contributed by atoms with van der Waals surface area (Å²) in [5, 5.41) is 7.71. The van der Waals surface area contributed by atoms with Crippen LogP contribution in [0.4, 0.5) is 4.39 Å². The van der Waals surface area contributed by atoms with Crippen LogP contribution in [0.1, 0.15) is 46.6 Å². The average Bonchev–Trinajstić information content (AvgIpc) is 3.24. The lowest BCUT2D eigenvalue weighted by atomic mass is 9.89. The fourth-order valence-electron chi connectivity index (χ4n) is 4.70. The van der Waals surface area contributed by atoms with Crippen molar-refractivity contribution in [2.75, 3.05) is 33.2 Å². The zero-order chi connectivity index (χ0) is 26.5. The first-order valence-electron chi connectivity index (χ1n) is 12.5. The molecule has 6 nitrogen and oxygen atoms in total. The minimum absolute atomic E-state index is 0.00941. The molecule has 2 heterocycles. The molecule has 4 rings (SSSR count). The Labute approximate surface area is 227 Å². The minimum atomic E-state index is -0.273. The highest BCUT2D eigenvalue weighted by Crippen LogP contribution is 2.34. The van der Waals surface area contributed by atoms with Crippen molar-refractivity contribution in [3.8, 4) is 5.69 Å². The van der Waals surface area contributed by atoms with Crippen LogP contribution in [0.5, 0.6) is 0 Å². The number of rotatable bonds is 9. The van der Waals surface area contributed by atoms with Gasteiger partial charge in [-0.2, -0.15) is 5.10 Å². The summed E-state index contributed by atoms with van der Waals surface area (Å²) in [5.41, 5.74) is 6.72. The average molecular weight is 545 g/mol. The van der Waals surface area contributed by atoms with Crippen LogP contribution in [0, 0.1) is 5.82 Å². The predicted molar refractivity (Wildman–Crippen MR) is 147 cm³/mol. The molecule has 2 aromatic carbocycles. The van der Waals surface area contributed by atoms with Crippen molar-refractivity contribution < 1.29 is 9.18 Å². The Morgan fingerprint density at radius 2 is 1.86 bits per heavy atom. The van der Waals surface area contributed by atoms with Crippen molar-refractivity contribution >= 4 is 29.1 Å². The van der Waals surface area contributed by atoms with Gasteiger partial charge in [-0.15, -0.1) is 6.58 Å². The first-order valence-corrected chi connectivity index (χ1v) is 13.2. The summed E-state index contributed by atoms with van der Waals surface area (Å²) in [6.07, 6.45) is 3.67. The number of nitrogens with zero attached hydrogens (tertiary/aromatic N) is 4. The van der Waals surface area contributed by atoms with Gasteiger partial charge in [-0.25, -0.2) is 14.1 Å². The summed E-state index contributed by atoms with van der Waals surface area (Å²) < 4.78 is 15.3. The molecule has 9 heteroatoms. The molecule has 1 aliphatic heterocycles. The van der Waals surface area contributed by atoms with Crippen molar-refractivity contribution in [1.82, 2.24) is 25.1 Å². The SMILES string of the molecule is C=CCc1c(C(=O)NN2CCN(C)CC2)nn(-c2ccc(Cl)cc2Cl)c1C(CC)Cc1ccc(F)cc1. The molecule has 1 unspecified atom stereocenters. The molecule has 0 bridgehead atoms. The van der Waals surface area contributed by atoms with Crippen molar-refractivity contribution in [3.63, 3.8) is 0 Å². The van der Waals surface area contributed by atoms with Crippen molar-refractivity contribution in [2.45, 2.75) is 32.1 Å². The molecule has 1 aromatic heterocycles. The summed E-state index contributed by atoms with van der Waals surface area (Å²) in [5.74, 6) is -0.544. The molecule has 3 aromatic rings. The second kappa shape index (κ2) is 12.2. The van der Waals surface area contributed by atoms with E-state index in [9.17, 15) is 9.18 Å². The fraction of sp³-hybridized carbons (Fsp3) is 0.357. The van der Waals surface area contributed by atoms with Crippen LogP contribution in [0.25, 0.3) is 5.69 Å². The third-order valence-electron chi connectivity index (χ3n) is 6.76. The molecule has 0 aliphatic carbocycles. The number of amides is 1. The van der Waals surface area contributed by atoms with E-state index < -0.39 is 0 Å². The molecule has 1 aliphatic rings. The van der Waals surface area contributed by atoms with Crippen LogP contribution < -0.4 is 5.43 Å². The maximum atomic E-state index is 13.6. The van der Waals surface area contributed by atoms with Gasteiger partial charge in [0.05, 0.1) is 16.4 Å². The third-order valence-corrected chi connectivity index (χ3v) is 7.30. The Bertz CT molecular complexity index is 1250. The van der Waals surface area contributed by atoms with Gasteiger partial charge in [0.2, 0.25) is 0 Å². The lowest BCUT2D eigenvalue weighted by Gasteiger charge is -2.32. The maximum Gasteiger partial charge on any atom is 0.286 e. The van der Waals surface area contributed by atoms with Crippen LogP contribution in [-0.2, 0) is 12.8 Å². The molecule has 1 amide bonds. The number of carbonyl (C=O) groups is 1. The molecule has 1 fully saturated rings. The van der Waals surface area contributed by atoms with Gasteiger partial charge in [0.1, 0.15) is 5.82 Å². The van der Waals surface area contributed by atoms with Gasteiger partial charge >= 0.3 is 0 Å². The Kier molecular flexibility index (Phi) is 9.03. The van der Waals surface area contributed by atoms with Crippen LogP contribution in [0.15, 0.2) is 55.1 Å². The smallest absolute Gasteiger partial charge is 0.286 e. The maximum absolute atomic E-state index is 13.6. The van der Waals surface area contributed by atoms with Crippen LogP contribution >= 0.6 is 23.2 Å². The highest BCUT2D eigenvalue weighted by atomic mass is 35.5. The Hall–Kier alpha value is -2.71. The van der Waals surface area contributed by atoms with Gasteiger partial charge in [-0.05, 0) is 62.2 Å². The van der Waals surface area contributed by atoms with E-state index >= 15 is 0 Å². The number of nitrogens with one attached hydrogen (secondary N) is 1. The van der Waals surface area contributed by atoms with E-state index in [0.717, 1.165) is 49.4 Å². The van der Waals surface area contributed by atoms with Crippen LogP contribution in [0.3, 0.4) is 0 Å². The minimum Gasteiger partial charge on any atom is -0.304 e. The number of benzene rings is 2. The second-order valence-corrected chi connectivity index (χ2v) is 10.2. The van der Waals surface area contributed by atoms with Crippen molar-refractivity contribution in [2.24, 2.45) is 0 Å².